The van der Waals surface area contributed by atoms with Crippen molar-refractivity contribution in [1.82, 2.24) is 14.4 Å². The van der Waals surface area contributed by atoms with Gasteiger partial charge in [-0.3, -0.25) is 9.38 Å². The Morgan fingerprint density at radius 2 is 1.49 bits per heavy atom. The smallest absolute Gasteiger partial charge is 0.146 e. The Morgan fingerprint density at radius 1 is 0.629 bits per heavy atom. The highest BCUT2D eigenvalue weighted by Gasteiger charge is 2.30. The zero-order valence-corrected chi connectivity index (χ0v) is 18.9. The third-order valence-electron chi connectivity index (χ3n) is 8.14. The Hall–Kier alpha value is -4.50. The van der Waals surface area contributed by atoms with Crippen LogP contribution in [0.2, 0.25) is 0 Å². The molecule has 0 saturated carbocycles. The molecule has 0 spiro atoms. The van der Waals surface area contributed by atoms with Crippen LogP contribution in [0, 0.1) is 0 Å². The van der Waals surface area contributed by atoms with Gasteiger partial charge in [-0.25, -0.2) is 4.98 Å². The molecule has 0 amide bonds. The molecule has 7 aromatic rings. The number of aromatic nitrogens is 3. The van der Waals surface area contributed by atoms with Crippen molar-refractivity contribution >= 4 is 38.4 Å². The average molecular weight is 446 g/mol. The first kappa shape index (κ1) is 17.9. The predicted octanol–water partition coefficient (Wildman–Crippen LogP) is 7.33. The quantitative estimate of drug-likeness (QED) is 0.229. The van der Waals surface area contributed by atoms with Gasteiger partial charge in [0.1, 0.15) is 5.65 Å². The molecular formula is C32H19N3. The zero-order chi connectivity index (χ0) is 22.7. The van der Waals surface area contributed by atoms with Crippen molar-refractivity contribution in [2.24, 2.45) is 0 Å². The summed E-state index contributed by atoms with van der Waals surface area (Å²) in [6.45, 7) is 0. The summed E-state index contributed by atoms with van der Waals surface area (Å²) < 4.78 is 2.31. The first-order chi connectivity index (χ1) is 17.4. The lowest BCUT2D eigenvalue weighted by molar-refractivity contribution is 1.23. The molecule has 0 N–H and O–H groups in total. The van der Waals surface area contributed by atoms with Crippen LogP contribution in [-0.4, -0.2) is 14.4 Å². The summed E-state index contributed by atoms with van der Waals surface area (Å²) in [7, 11) is 0. The van der Waals surface area contributed by atoms with Crippen molar-refractivity contribution in [3.8, 4) is 22.3 Å². The van der Waals surface area contributed by atoms with E-state index >= 15 is 0 Å². The van der Waals surface area contributed by atoms with E-state index in [1.165, 1.54) is 60.7 Å². The maximum absolute atomic E-state index is 5.17. The van der Waals surface area contributed by atoms with E-state index in [4.69, 9.17) is 4.98 Å². The highest BCUT2D eigenvalue weighted by atomic mass is 15.0. The summed E-state index contributed by atoms with van der Waals surface area (Å²) in [6, 6.07) is 28.8. The first-order valence-corrected chi connectivity index (χ1v) is 12.2. The van der Waals surface area contributed by atoms with E-state index in [-0.39, 0.29) is 0 Å². The highest BCUT2D eigenvalue weighted by Crippen LogP contribution is 2.50. The lowest BCUT2D eigenvalue weighted by Crippen LogP contribution is -1.95. The van der Waals surface area contributed by atoms with E-state index in [1.54, 1.807) is 0 Å². The van der Waals surface area contributed by atoms with Crippen LogP contribution in [0.3, 0.4) is 0 Å². The van der Waals surface area contributed by atoms with Crippen molar-refractivity contribution in [2.75, 3.05) is 0 Å². The van der Waals surface area contributed by atoms with Crippen LogP contribution in [0.1, 0.15) is 22.3 Å². The van der Waals surface area contributed by atoms with E-state index in [1.807, 2.05) is 12.4 Å². The number of para-hydroxylation sites is 2. The number of nitrogens with zero attached hydrogens (tertiary/aromatic N) is 3. The Balaban J connectivity index is 1.44. The molecule has 0 fully saturated rings. The summed E-state index contributed by atoms with van der Waals surface area (Å²) in [5, 5.41) is 3.76. The molecule has 3 heteroatoms. The van der Waals surface area contributed by atoms with Gasteiger partial charge in [0.25, 0.3) is 0 Å². The van der Waals surface area contributed by atoms with Crippen molar-refractivity contribution in [3.05, 3.63) is 114 Å². The molecule has 3 aromatic heterocycles. The third-order valence-corrected chi connectivity index (χ3v) is 8.14. The van der Waals surface area contributed by atoms with Gasteiger partial charge >= 0.3 is 0 Å². The molecule has 0 bridgehead atoms. The Morgan fingerprint density at radius 3 is 2.49 bits per heavy atom. The van der Waals surface area contributed by atoms with Gasteiger partial charge in [-0.15, -0.1) is 0 Å². The molecule has 2 aliphatic rings. The van der Waals surface area contributed by atoms with Gasteiger partial charge in [0, 0.05) is 17.0 Å². The van der Waals surface area contributed by atoms with Crippen molar-refractivity contribution in [3.63, 3.8) is 0 Å². The van der Waals surface area contributed by atoms with E-state index in [0.717, 1.165) is 35.0 Å². The Labute approximate surface area is 201 Å². The fourth-order valence-electron chi connectivity index (χ4n) is 6.71. The van der Waals surface area contributed by atoms with Crippen LogP contribution in [0.15, 0.2) is 91.3 Å². The lowest BCUT2D eigenvalue weighted by atomic mass is 9.94. The van der Waals surface area contributed by atoms with Gasteiger partial charge in [0.05, 0.1) is 22.7 Å². The van der Waals surface area contributed by atoms with Crippen molar-refractivity contribution in [1.29, 1.82) is 0 Å². The number of imidazole rings is 1. The van der Waals surface area contributed by atoms with Crippen LogP contribution in [0.5, 0.6) is 0 Å². The van der Waals surface area contributed by atoms with Gasteiger partial charge in [-0.2, -0.15) is 0 Å². The number of benzene rings is 4. The number of hydrogen-bond acceptors (Lipinski definition) is 2. The first-order valence-electron chi connectivity index (χ1n) is 12.2. The maximum atomic E-state index is 5.17. The minimum Gasteiger partial charge on any atom is -0.290 e. The summed E-state index contributed by atoms with van der Waals surface area (Å²) in [5.41, 5.74) is 15.7. The normalized spacial score (nSPS) is 13.5. The number of pyridine rings is 2. The number of rotatable bonds is 0. The maximum Gasteiger partial charge on any atom is 0.146 e. The second-order valence-electron chi connectivity index (χ2n) is 9.80. The third kappa shape index (κ3) is 2.12. The number of fused-ring (bicyclic) bond motifs is 16. The van der Waals surface area contributed by atoms with E-state index in [9.17, 15) is 0 Å². The molecule has 4 aromatic carbocycles. The zero-order valence-electron chi connectivity index (χ0n) is 18.9. The largest absolute Gasteiger partial charge is 0.290 e. The van der Waals surface area contributed by atoms with E-state index < -0.39 is 0 Å². The molecule has 0 atom stereocenters. The molecule has 3 nitrogen and oxygen atoms in total. The van der Waals surface area contributed by atoms with Gasteiger partial charge in [-0.05, 0) is 80.9 Å². The second-order valence-corrected chi connectivity index (χ2v) is 9.80. The summed E-state index contributed by atoms with van der Waals surface area (Å²) >= 11 is 0. The molecule has 9 rings (SSSR count). The molecule has 162 valence electrons. The van der Waals surface area contributed by atoms with E-state index in [0.29, 0.717) is 0 Å². The SMILES string of the molecule is c1ccc2c(c1)Cc1c-2ccc2c1-c1ccc3c4ccncc4n4c5ccccc5nc4c3c1C2. The van der Waals surface area contributed by atoms with Crippen LogP contribution >= 0.6 is 0 Å². The lowest BCUT2D eigenvalue weighted by Gasteiger charge is -2.13. The monoisotopic (exact) mass is 445 g/mol. The van der Waals surface area contributed by atoms with Crippen molar-refractivity contribution < 1.29 is 0 Å². The van der Waals surface area contributed by atoms with Crippen LogP contribution < -0.4 is 0 Å². The summed E-state index contributed by atoms with van der Waals surface area (Å²) in [5.74, 6) is 0. The fourth-order valence-corrected chi connectivity index (χ4v) is 6.71. The average Bonchev–Trinajstić information content (AvgIpc) is 3.59. The van der Waals surface area contributed by atoms with Gasteiger partial charge in [0.2, 0.25) is 0 Å². The minimum absolute atomic E-state index is 0.946. The van der Waals surface area contributed by atoms with Gasteiger partial charge in [-0.1, -0.05) is 60.7 Å². The minimum atomic E-state index is 0.946. The molecule has 0 saturated heterocycles. The molecule has 2 aliphatic carbocycles. The Kier molecular flexibility index (Phi) is 3.14. The second kappa shape index (κ2) is 6.13. The fraction of sp³-hybridized carbons (Fsp3) is 0.0625. The standard InChI is InChI=1S/C32H19N3/c1-2-6-20-18(5-1)15-25-21(20)10-9-19-16-26-24(30(19)25)12-11-23-22-13-14-33-17-29(22)35-28-8-4-3-7-27(28)34-32(35)31(23)26/h1-14,17H,15-16H2. The molecular weight excluding hydrogens is 426 g/mol. The summed E-state index contributed by atoms with van der Waals surface area (Å²) in [4.78, 5) is 9.65. The molecule has 0 radical (unpaired) electrons. The summed E-state index contributed by atoms with van der Waals surface area (Å²) in [6.07, 6.45) is 5.83. The predicted molar refractivity (Wildman–Crippen MR) is 142 cm³/mol. The van der Waals surface area contributed by atoms with Crippen LogP contribution in [-0.2, 0) is 12.8 Å². The van der Waals surface area contributed by atoms with Crippen LogP contribution in [0.4, 0.5) is 0 Å². The van der Waals surface area contributed by atoms with Crippen molar-refractivity contribution in [2.45, 2.75) is 12.8 Å². The molecule has 0 aliphatic heterocycles. The Bertz CT molecular complexity index is 2060. The van der Waals surface area contributed by atoms with E-state index in [2.05, 4.69) is 88.2 Å². The molecule has 3 heterocycles. The van der Waals surface area contributed by atoms with Gasteiger partial charge < -0.3 is 0 Å². The highest BCUT2D eigenvalue weighted by molar-refractivity contribution is 6.17. The molecule has 0 unspecified atom stereocenters. The topological polar surface area (TPSA) is 30.2 Å². The van der Waals surface area contributed by atoms with Crippen LogP contribution in [0.25, 0.3) is 60.6 Å². The molecule has 35 heavy (non-hydrogen) atoms. The van der Waals surface area contributed by atoms with Gasteiger partial charge in [0.15, 0.2) is 0 Å². The number of hydrogen-bond donors (Lipinski definition) is 0.